The normalized spacial score (nSPS) is 14.6. The van der Waals surface area contributed by atoms with Gasteiger partial charge in [0.2, 0.25) is 0 Å². The zero-order chi connectivity index (χ0) is 67.5. The summed E-state index contributed by atoms with van der Waals surface area (Å²) in [6, 6.07) is 0. The molecule has 0 aliphatic rings. The first kappa shape index (κ1) is 88.2. The van der Waals surface area contributed by atoms with E-state index in [0.717, 1.165) is 148 Å². The van der Waals surface area contributed by atoms with Crippen LogP contribution in [0.25, 0.3) is 0 Å². The summed E-state index contributed by atoms with van der Waals surface area (Å²) >= 11 is 0. The van der Waals surface area contributed by atoms with Crippen molar-refractivity contribution in [2.24, 2.45) is 0 Å². The van der Waals surface area contributed by atoms with Gasteiger partial charge >= 0.3 is 39.5 Å². The van der Waals surface area contributed by atoms with Crippen LogP contribution in [-0.2, 0) is 65.4 Å². The maximum absolute atomic E-state index is 13.0. The van der Waals surface area contributed by atoms with Crippen molar-refractivity contribution in [2.75, 3.05) is 39.6 Å². The first-order valence-corrected chi connectivity index (χ1v) is 38.8. The first-order valence-electron chi connectivity index (χ1n) is 35.8. The van der Waals surface area contributed by atoms with E-state index in [4.69, 9.17) is 37.0 Å². The maximum Gasteiger partial charge on any atom is 0.472 e. The van der Waals surface area contributed by atoms with E-state index in [2.05, 4.69) is 113 Å². The van der Waals surface area contributed by atoms with E-state index in [9.17, 15) is 43.2 Å². The zero-order valence-electron chi connectivity index (χ0n) is 57.7. The molecule has 19 heteroatoms. The Morgan fingerprint density at radius 3 is 0.957 bits per heavy atom. The predicted octanol–water partition coefficient (Wildman–Crippen LogP) is 19.9. The van der Waals surface area contributed by atoms with Gasteiger partial charge in [0.05, 0.1) is 26.4 Å². The largest absolute Gasteiger partial charge is 0.472 e. The molecule has 0 spiro atoms. The van der Waals surface area contributed by atoms with Gasteiger partial charge in [-0.2, -0.15) is 0 Å². The second-order valence-electron chi connectivity index (χ2n) is 23.8. The number of aliphatic hydroxyl groups is 1. The molecule has 0 bridgehead atoms. The van der Waals surface area contributed by atoms with Crippen LogP contribution in [0.5, 0.6) is 0 Å². The van der Waals surface area contributed by atoms with Gasteiger partial charge in [0.15, 0.2) is 12.2 Å². The first-order chi connectivity index (χ1) is 44.7. The molecule has 0 saturated carbocycles. The molecule has 532 valence electrons. The minimum atomic E-state index is -4.97. The van der Waals surface area contributed by atoms with Gasteiger partial charge in [-0.25, -0.2) is 9.13 Å². The Kier molecular flexibility index (Phi) is 63.2. The number of ether oxygens (including phenoxy) is 4. The molecule has 0 heterocycles. The van der Waals surface area contributed by atoms with Crippen molar-refractivity contribution in [3.05, 3.63) is 85.1 Å². The highest BCUT2D eigenvalue weighted by molar-refractivity contribution is 7.47. The number of carbonyl (C=O) groups is 4. The fraction of sp³-hybridized carbons (Fsp3) is 0.753. The number of unbranched alkanes of at least 4 members (excludes halogenated alkanes) is 27. The van der Waals surface area contributed by atoms with Crippen molar-refractivity contribution in [1.29, 1.82) is 0 Å². The zero-order valence-corrected chi connectivity index (χ0v) is 59.5. The third kappa shape index (κ3) is 64.9. The second kappa shape index (κ2) is 65.9. The van der Waals surface area contributed by atoms with Gasteiger partial charge in [0.25, 0.3) is 0 Å². The Hall–Kier alpha value is -3.76. The lowest BCUT2D eigenvalue weighted by Crippen LogP contribution is -2.30. The van der Waals surface area contributed by atoms with E-state index in [1.807, 2.05) is 0 Å². The Morgan fingerprint density at radius 2 is 0.576 bits per heavy atom. The maximum atomic E-state index is 13.0. The summed E-state index contributed by atoms with van der Waals surface area (Å²) in [7, 11) is -9.94. The molecule has 0 aliphatic carbocycles. The summed E-state index contributed by atoms with van der Waals surface area (Å²) in [6.45, 7) is 4.61. The van der Waals surface area contributed by atoms with Gasteiger partial charge < -0.3 is 33.8 Å². The van der Waals surface area contributed by atoms with Gasteiger partial charge in [-0.3, -0.25) is 37.3 Å². The lowest BCUT2D eigenvalue weighted by Gasteiger charge is -2.21. The van der Waals surface area contributed by atoms with Gasteiger partial charge in [0.1, 0.15) is 19.3 Å². The third-order valence-corrected chi connectivity index (χ3v) is 16.7. The summed E-state index contributed by atoms with van der Waals surface area (Å²) < 4.78 is 68.2. The average Bonchev–Trinajstić information content (AvgIpc) is 2.55. The topological polar surface area (TPSA) is 237 Å². The van der Waals surface area contributed by atoms with Crippen LogP contribution < -0.4 is 0 Å². The average molecular weight is 1340 g/mol. The van der Waals surface area contributed by atoms with Crippen LogP contribution in [0.15, 0.2) is 85.1 Å². The highest BCUT2D eigenvalue weighted by Crippen LogP contribution is 2.45. The molecular formula is C73H128O17P2. The molecule has 0 radical (unpaired) electrons. The SMILES string of the molecule is CC/C=C\C/C=C\C/C=C\C/C=C\CCCCC(=O)OCC(COP(=O)(O)OCC(O)COP(=O)(O)OCC(COC(=O)CCCCCCC/C=C\C/C=C\CCCCC)OC(=O)CCCCCCCCCCCCC)OC(=O)CCCCCCC/C=C\CCCC. The Bertz CT molecular complexity index is 2090. The smallest absolute Gasteiger partial charge is 0.462 e. The molecule has 0 aromatic rings. The van der Waals surface area contributed by atoms with E-state index in [1.165, 1.54) is 70.6 Å². The van der Waals surface area contributed by atoms with Crippen LogP contribution in [0.4, 0.5) is 0 Å². The molecule has 5 atom stereocenters. The summed E-state index contributed by atoms with van der Waals surface area (Å²) in [5.41, 5.74) is 0. The lowest BCUT2D eigenvalue weighted by atomic mass is 10.1. The van der Waals surface area contributed by atoms with Crippen molar-refractivity contribution in [1.82, 2.24) is 0 Å². The van der Waals surface area contributed by atoms with Crippen LogP contribution in [0, 0.1) is 0 Å². The van der Waals surface area contributed by atoms with Gasteiger partial charge in [-0.1, -0.05) is 241 Å². The number of hydrogen-bond donors (Lipinski definition) is 3. The number of carbonyl (C=O) groups excluding carboxylic acids is 4. The van der Waals surface area contributed by atoms with Crippen molar-refractivity contribution in [2.45, 2.75) is 316 Å². The third-order valence-electron chi connectivity index (χ3n) is 14.8. The van der Waals surface area contributed by atoms with E-state index in [0.29, 0.717) is 25.7 Å². The molecule has 17 nitrogen and oxygen atoms in total. The number of aliphatic hydroxyl groups excluding tert-OH is 1. The molecule has 0 rings (SSSR count). The highest BCUT2D eigenvalue weighted by Gasteiger charge is 2.30. The van der Waals surface area contributed by atoms with Gasteiger partial charge in [-0.15, -0.1) is 0 Å². The number of allylic oxidation sites excluding steroid dienone is 14. The van der Waals surface area contributed by atoms with Crippen LogP contribution >= 0.6 is 15.6 Å². The molecule has 5 unspecified atom stereocenters. The number of rotatable bonds is 67. The van der Waals surface area contributed by atoms with Crippen molar-refractivity contribution < 1.29 is 80.2 Å². The predicted molar refractivity (Wildman–Crippen MR) is 372 cm³/mol. The summed E-state index contributed by atoms with van der Waals surface area (Å²) in [5, 5.41) is 10.6. The van der Waals surface area contributed by atoms with Crippen LogP contribution in [0.3, 0.4) is 0 Å². The minimum absolute atomic E-state index is 0.0759. The quantitative estimate of drug-likeness (QED) is 0.0169. The summed E-state index contributed by atoms with van der Waals surface area (Å²) in [5.74, 6) is -2.24. The van der Waals surface area contributed by atoms with Gasteiger partial charge in [0, 0.05) is 25.7 Å². The minimum Gasteiger partial charge on any atom is -0.462 e. The highest BCUT2D eigenvalue weighted by atomic mass is 31.2. The Morgan fingerprint density at radius 1 is 0.315 bits per heavy atom. The second-order valence-corrected chi connectivity index (χ2v) is 26.7. The molecule has 0 fully saturated rings. The fourth-order valence-electron chi connectivity index (χ4n) is 9.34. The molecule has 92 heavy (non-hydrogen) atoms. The lowest BCUT2D eigenvalue weighted by molar-refractivity contribution is -0.161. The monoisotopic (exact) mass is 1340 g/mol. The standard InChI is InChI=1S/C73H128O17P2/c1-5-9-13-17-21-25-29-31-33-35-39-41-45-49-53-57-70(75)83-63-68(89-72(77)59-55-51-47-43-37-27-23-19-15-11-7-3)65-87-91(79,80)85-61-67(74)62-86-92(81,82)88-66-69(90-73(78)60-56-52-48-44-38-28-24-20-16-12-8-4)64-84-71(76)58-54-50-46-42-40-36-34-32-30-26-22-18-14-10-6-2/h9,13,19,21-23,25-26,31-34,39,41,67-69,74H,5-8,10-12,14-18,20,24,27-30,35-38,40,42-66H2,1-4H3,(H,79,80)(H,81,82)/b13-9-,23-19-,25-21-,26-22-,33-31-,34-32-,41-39-. The molecule has 0 aromatic carbocycles. The molecule has 0 aliphatic heterocycles. The summed E-state index contributed by atoms with van der Waals surface area (Å²) in [4.78, 5) is 72.5. The van der Waals surface area contributed by atoms with Gasteiger partial charge in [-0.05, 0) is 116 Å². The molecular weight excluding hydrogens is 1210 g/mol. The number of esters is 4. The molecule has 0 aromatic heterocycles. The number of hydrogen-bond acceptors (Lipinski definition) is 15. The molecule has 0 amide bonds. The van der Waals surface area contributed by atoms with Crippen LogP contribution in [0.1, 0.15) is 297 Å². The fourth-order valence-corrected chi connectivity index (χ4v) is 10.9. The van der Waals surface area contributed by atoms with Crippen LogP contribution in [0.2, 0.25) is 0 Å². The van der Waals surface area contributed by atoms with Crippen LogP contribution in [-0.4, -0.2) is 96.7 Å². The van der Waals surface area contributed by atoms with Crippen molar-refractivity contribution >= 4 is 39.5 Å². The Labute approximate surface area is 557 Å². The molecule has 0 saturated heterocycles. The van der Waals surface area contributed by atoms with E-state index < -0.39 is 97.5 Å². The van der Waals surface area contributed by atoms with E-state index in [-0.39, 0.29) is 25.7 Å². The summed E-state index contributed by atoms with van der Waals surface area (Å²) in [6.07, 6.45) is 64.6. The number of phosphoric acid groups is 2. The number of phosphoric ester groups is 2. The van der Waals surface area contributed by atoms with Crippen molar-refractivity contribution in [3.8, 4) is 0 Å². The van der Waals surface area contributed by atoms with Crippen molar-refractivity contribution in [3.63, 3.8) is 0 Å². The molecule has 3 N–H and O–H groups in total. The van der Waals surface area contributed by atoms with E-state index in [1.54, 1.807) is 0 Å². The Balaban J connectivity index is 5.33. The van der Waals surface area contributed by atoms with E-state index >= 15 is 0 Å².